The second-order valence-electron chi connectivity index (χ2n) is 11.7. The first-order valence-electron chi connectivity index (χ1n) is 13.6. The van der Waals surface area contributed by atoms with Crippen LogP contribution in [0.3, 0.4) is 0 Å². The van der Waals surface area contributed by atoms with Gasteiger partial charge in [-0.1, -0.05) is 56.3 Å². The van der Waals surface area contributed by atoms with Gasteiger partial charge < -0.3 is 20.2 Å². The number of thiazole rings is 1. The number of hydrogen-bond acceptors (Lipinski definition) is 6. The molecule has 1 saturated heterocycles. The van der Waals surface area contributed by atoms with Crippen LogP contribution in [0.25, 0.3) is 10.4 Å². The molecule has 3 amide bonds. The Labute approximate surface area is 239 Å². The summed E-state index contributed by atoms with van der Waals surface area (Å²) in [5.41, 5.74) is 3.87. The van der Waals surface area contributed by atoms with Crippen molar-refractivity contribution in [2.45, 2.75) is 71.3 Å². The molecular formula is C31H36N4O4S. The van der Waals surface area contributed by atoms with Gasteiger partial charge in [0, 0.05) is 25.1 Å². The molecule has 0 bridgehead atoms. The van der Waals surface area contributed by atoms with E-state index in [0.29, 0.717) is 18.7 Å². The average Bonchev–Trinajstić information content (AvgIpc) is 3.61. The maximum atomic E-state index is 14.3. The molecule has 1 fully saturated rings. The van der Waals surface area contributed by atoms with Crippen molar-refractivity contribution in [1.82, 2.24) is 20.1 Å². The molecule has 0 spiro atoms. The topological polar surface area (TPSA) is 103 Å². The molecule has 40 heavy (non-hydrogen) atoms. The van der Waals surface area contributed by atoms with Gasteiger partial charge in [-0.3, -0.25) is 14.4 Å². The van der Waals surface area contributed by atoms with Gasteiger partial charge in [-0.2, -0.15) is 0 Å². The highest BCUT2D eigenvalue weighted by molar-refractivity contribution is 7.13. The van der Waals surface area contributed by atoms with Gasteiger partial charge in [0.2, 0.25) is 11.8 Å². The van der Waals surface area contributed by atoms with Crippen molar-refractivity contribution in [3.05, 3.63) is 76.4 Å². The number of β-amino-alcohol motifs (C(OH)–C–C–N with tert-alkyl or cyclic N) is 1. The van der Waals surface area contributed by atoms with Crippen LogP contribution >= 0.6 is 11.3 Å². The van der Waals surface area contributed by atoms with Gasteiger partial charge in [0.25, 0.3) is 5.91 Å². The minimum Gasteiger partial charge on any atom is -0.388 e. The van der Waals surface area contributed by atoms with Crippen molar-refractivity contribution in [2.75, 3.05) is 6.54 Å². The van der Waals surface area contributed by atoms with Crippen molar-refractivity contribution in [1.29, 1.82) is 0 Å². The summed E-state index contributed by atoms with van der Waals surface area (Å²) < 4.78 is 0. The van der Waals surface area contributed by atoms with Gasteiger partial charge in [-0.15, -0.1) is 11.3 Å². The Morgan fingerprint density at radius 2 is 1.90 bits per heavy atom. The van der Waals surface area contributed by atoms with Gasteiger partial charge in [0.15, 0.2) is 0 Å². The number of aryl methyl sites for hydroxylation is 1. The molecular weight excluding hydrogens is 524 g/mol. The molecule has 3 atom stereocenters. The standard InChI is InChI=1S/C31H36N4O4S/c1-19(2)31(5,35-16-23-8-6-7-9-24(23)28(35)37)29(38)34-17-30(4,39)14-25(34)27(36)32-15-21-10-12-22(13-11-21)26-20(3)33-18-40-26/h6-13,18-19,25,39H,14-17H2,1-5H3,(H,32,36)/t25-,30-,31?/m0/s1. The number of aliphatic hydroxyl groups is 1. The molecule has 1 aromatic heterocycles. The van der Waals surface area contributed by atoms with Crippen LogP contribution in [-0.4, -0.2) is 61.3 Å². The Balaban J connectivity index is 1.33. The summed E-state index contributed by atoms with van der Waals surface area (Å²) in [6, 6.07) is 14.5. The summed E-state index contributed by atoms with van der Waals surface area (Å²) in [4.78, 5) is 49.7. The minimum absolute atomic E-state index is 0.0180. The van der Waals surface area contributed by atoms with Crippen LogP contribution in [-0.2, 0) is 22.7 Å². The van der Waals surface area contributed by atoms with E-state index in [2.05, 4.69) is 10.3 Å². The lowest BCUT2D eigenvalue weighted by molar-refractivity contribution is -0.150. The Bertz CT molecular complexity index is 1450. The maximum Gasteiger partial charge on any atom is 0.255 e. The van der Waals surface area contributed by atoms with Crippen molar-refractivity contribution >= 4 is 29.1 Å². The van der Waals surface area contributed by atoms with E-state index in [4.69, 9.17) is 0 Å². The third-order valence-electron chi connectivity index (χ3n) is 8.45. The molecule has 2 aliphatic rings. The van der Waals surface area contributed by atoms with Gasteiger partial charge in [0.1, 0.15) is 11.6 Å². The highest BCUT2D eigenvalue weighted by Crippen LogP contribution is 2.38. The molecule has 2 aliphatic heterocycles. The van der Waals surface area contributed by atoms with Gasteiger partial charge in [-0.25, -0.2) is 4.98 Å². The minimum atomic E-state index is -1.22. The number of benzene rings is 2. The number of aromatic nitrogens is 1. The molecule has 9 heteroatoms. The third-order valence-corrected chi connectivity index (χ3v) is 9.43. The summed E-state index contributed by atoms with van der Waals surface area (Å²) >= 11 is 1.59. The monoisotopic (exact) mass is 560 g/mol. The van der Waals surface area contributed by atoms with Crippen LogP contribution in [0.2, 0.25) is 0 Å². The third kappa shape index (κ3) is 4.92. The van der Waals surface area contributed by atoms with Crippen molar-refractivity contribution in [3.8, 4) is 10.4 Å². The van der Waals surface area contributed by atoms with Crippen LogP contribution < -0.4 is 5.32 Å². The molecule has 8 nitrogen and oxygen atoms in total. The van der Waals surface area contributed by atoms with E-state index in [1.54, 1.807) is 36.2 Å². The molecule has 3 heterocycles. The number of rotatable bonds is 7. The number of fused-ring (bicyclic) bond motifs is 1. The summed E-state index contributed by atoms with van der Waals surface area (Å²) in [6.45, 7) is 9.86. The fourth-order valence-corrected chi connectivity index (χ4v) is 6.58. The van der Waals surface area contributed by atoms with Crippen LogP contribution in [0, 0.1) is 12.8 Å². The highest BCUT2D eigenvalue weighted by Gasteiger charge is 2.54. The predicted octanol–water partition coefficient (Wildman–Crippen LogP) is 4.16. The van der Waals surface area contributed by atoms with Gasteiger partial charge >= 0.3 is 0 Å². The first-order valence-corrected chi connectivity index (χ1v) is 14.5. The lowest BCUT2D eigenvalue weighted by atomic mass is 9.84. The Morgan fingerprint density at radius 3 is 2.52 bits per heavy atom. The van der Waals surface area contributed by atoms with Crippen LogP contribution in [0.1, 0.15) is 61.3 Å². The number of nitrogens with one attached hydrogen (secondary N) is 1. The molecule has 2 N–H and O–H groups in total. The predicted molar refractivity (Wildman–Crippen MR) is 154 cm³/mol. The zero-order valence-electron chi connectivity index (χ0n) is 23.6. The number of carbonyl (C=O) groups excluding carboxylic acids is 3. The largest absolute Gasteiger partial charge is 0.388 e. The van der Waals surface area contributed by atoms with E-state index in [1.807, 2.05) is 68.7 Å². The van der Waals surface area contributed by atoms with E-state index in [9.17, 15) is 19.5 Å². The lowest BCUT2D eigenvalue weighted by Crippen LogP contribution is -2.63. The van der Waals surface area contributed by atoms with Gasteiger partial charge in [-0.05, 0) is 49.4 Å². The van der Waals surface area contributed by atoms with E-state index in [1.165, 1.54) is 4.90 Å². The number of carbonyl (C=O) groups is 3. The van der Waals surface area contributed by atoms with E-state index in [-0.39, 0.29) is 36.6 Å². The highest BCUT2D eigenvalue weighted by atomic mass is 32.1. The zero-order chi connectivity index (χ0) is 28.8. The molecule has 5 rings (SSSR count). The fraction of sp³-hybridized carbons (Fsp3) is 0.419. The van der Waals surface area contributed by atoms with Crippen molar-refractivity contribution < 1.29 is 19.5 Å². The Hall–Kier alpha value is -3.56. The molecule has 1 unspecified atom stereocenters. The summed E-state index contributed by atoms with van der Waals surface area (Å²) in [5, 5.41) is 13.9. The molecule has 3 aromatic rings. The molecule has 0 aliphatic carbocycles. The molecule has 0 radical (unpaired) electrons. The maximum absolute atomic E-state index is 14.3. The summed E-state index contributed by atoms with van der Waals surface area (Å²) in [5.74, 6) is -1.07. The Kier molecular flexibility index (Phi) is 7.31. The number of likely N-dealkylation sites (tertiary alicyclic amines) is 1. The van der Waals surface area contributed by atoms with E-state index < -0.39 is 17.2 Å². The number of hydrogen-bond donors (Lipinski definition) is 2. The van der Waals surface area contributed by atoms with Crippen LogP contribution in [0.5, 0.6) is 0 Å². The smallest absolute Gasteiger partial charge is 0.255 e. The lowest BCUT2D eigenvalue weighted by Gasteiger charge is -2.44. The van der Waals surface area contributed by atoms with Crippen molar-refractivity contribution in [3.63, 3.8) is 0 Å². The van der Waals surface area contributed by atoms with Crippen molar-refractivity contribution in [2.24, 2.45) is 5.92 Å². The molecule has 2 aromatic carbocycles. The van der Waals surface area contributed by atoms with Crippen LogP contribution in [0.4, 0.5) is 0 Å². The Morgan fingerprint density at radius 1 is 1.20 bits per heavy atom. The second kappa shape index (κ2) is 10.4. The first-order chi connectivity index (χ1) is 18.9. The summed E-state index contributed by atoms with van der Waals surface area (Å²) in [6.07, 6.45) is 0.122. The normalized spacial score (nSPS) is 22.0. The number of nitrogens with zero attached hydrogens (tertiary/aromatic N) is 3. The first kappa shape index (κ1) is 28.0. The fourth-order valence-electron chi connectivity index (χ4n) is 5.77. The summed E-state index contributed by atoms with van der Waals surface area (Å²) in [7, 11) is 0. The zero-order valence-corrected chi connectivity index (χ0v) is 24.4. The van der Waals surface area contributed by atoms with Crippen LogP contribution in [0.15, 0.2) is 54.0 Å². The second-order valence-corrected chi connectivity index (χ2v) is 12.5. The van der Waals surface area contributed by atoms with Gasteiger partial charge in [0.05, 0.1) is 28.2 Å². The quantitative estimate of drug-likeness (QED) is 0.452. The number of amides is 3. The molecule has 210 valence electrons. The van der Waals surface area contributed by atoms with E-state index in [0.717, 1.165) is 27.3 Å². The molecule has 0 saturated carbocycles. The SMILES string of the molecule is Cc1ncsc1-c1ccc(CNC(=O)[C@@H]2C[C@](C)(O)CN2C(=O)C(C)(C(C)C)N2Cc3ccccc3C2=O)cc1. The average molecular weight is 561 g/mol. The van der Waals surface area contributed by atoms with E-state index >= 15 is 0 Å².